The van der Waals surface area contributed by atoms with Crippen LogP contribution in [-0.4, -0.2) is 38.9 Å². The summed E-state index contributed by atoms with van der Waals surface area (Å²) in [4.78, 5) is 14.5. The number of carbonyl (C=O) groups is 1. The number of likely N-dealkylation sites (tertiary alicyclic amines) is 1. The Bertz CT molecular complexity index is 851. The van der Waals surface area contributed by atoms with Crippen molar-refractivity contribution in [3.05, 3.63) is 47.6 Å². The molecule has 1 atom stereocenters. The van der Waals surface area contributed by atoms with Crippen LogP contribution in [0.2, 0.25) is 0 Å². The lowest BCUT2D eigenvalue weighted by Gasteiger charge is -2.33. The summed E-state index contributed by atoms with van der Waals surface area (Å²) in [5.74, 6) is -0.291. The zero-order chi connectivity index (χ0) is 18.7. The first-order valence-electron chi connectivity index (χ1n) is 8.47. The van der Waals surface area contributed by atoms with Crippen LogP contribution in [0, 0.1) is 11.7 Å². The summed E-state index contributed by atoms with van der Waals surface area (Å²) < 4.78 is 40.6. The molecule has 1 aliphatic heterocycles. The van der Waals surface area contributed by atoms with Gasteiger partial charge in [-0.1, -0.05) is 13.0 Å². The molecule has 0 aliphatic carbocycles. The molecule has 3 rings (SSSR count). The van der Waals surface area contributed by atoms with Crippen molar-refractivity contribution in [1.82, 2.24) is 4.90 Å². The predicted molar refractivity (Wildman–Crippen MR) is 100 cm³/mol. The maximum Gasteiger partial charge on any atom is 0.274 e. The maximum atomic E-state index is 13.3. The average Bonchev–Trinajstić information content (AvgIpc) is 3.16. The van der Waals surface area contributed by atoms with E-state index in [1.165, 1.54) is 30.3 Å². The fraction of sp³-hybridized carbons (Fsp3) is 0.389. The smallest absolute Gasteiger partial charge is 0.274 e. The summed E-state index contributed by atoms with van der Waals surface area (Å²) in [5, 5.41) is 1.67. The van der Waals surface area contributed by atoms with Gasteiger partial charge in [0.2, 0.25) is 5.91 Å². The van der Waals surface area contributed by atoms with E-state index in [-0.39, 0.29) is 22.3 Å². The van der Waals surface area contributed by atoms with E-state index in [2.05, 4.69) is 6.92 Å². The number of thiophene rings is 1. The first kappa shape index (κ1) is 18.8. The maximum absolute atomic E-state index is 13.3. The third kappa shape index (κ3) is 4.07. The van der Waals surface area contributed by atoms with Crippen LogP contribution in [0.15, 0.2) is 46.0 Å². The van der Waals surface area contributed by atoms with E-state index in [4.69, 9.17) is 0 Å². The number of amides is 1. The van der Waals surface area contributed by atoms with Crippen molar-refractivity contribution in [2.75, 3.05) is 23.9 Å². The Morgan fingerprint density at radius 1 is 1.31 bits per heavy atom. The molecule has 1 amide bonds. The minimum atomic E-state index is -3.89. The topological polar surface area (TPSA) is 57.7 Å². The van der Waals surface area contributed by atoms with Gasteiger partial charge in [-0.15, -0.1) is 11.3 Å². The first-order valence-corrected chi connectivity index (χ1v) is 10.8. The predicted octanol–water partition coefficient (Wildman–Crippen LogP) is 3.34. The molecule has 5 nitrogen and oxygen atoms in total. The lowest BCUT2D eigenvalue weighted by atomic mass is 10.0. The molecule has 0 radical (unpaired) electrons. The van der Waals surface area contributed by atoms with Crippen LogP contribution in [0.1, 0.15) is 19.8 Å². The van der Waals surface area contributed by atoms with Gasteiger partial charge in [0.25, 0.3) is 10.0 Å². The highest BCUT2D eigenvalue weighted by molar-refractivity contribution is 7.94. The molecule has 0 bridgehead atoms. The van der Waals surface area contributed by atoms with Gasteiger partial charge in [0.05, 0.1) is 5.69 Å². The third-order valence-electron chi connectivity index (χ3n) is 4.44. The minimum absolute atomic E-state index is 0.154. The zero-order valence-electron chi connectivity index (χ0n) is 14.5. The Morgan fingerprint density at radius 3 is 2.65 bits per heavy atom. The Balaban J connectivity index is 1.90. The number of carbonyl (C=O) groups excluding carboxylic acids is 1. The lowest BCUT2D eigenvalue weighted by molar-refractivity contribution is -0.131. The summed E-state index contributed by atoms with van der Waals surface area (Å²) in [6, 6.07) is 8.30. The van der Waals surface area contributed by atoms with Gasteiger partial charge < -0.3 is 4.90 Å². The van der Waals surface area contributed by atoms with E-state index >= 15 is 0 Å². The second kappa shape index (κ2) is 7.75. The second-order valence-electron chi connectivity index (χ2n) is 6.51. The number of nitrogens with zero attached hydrogens (tertiary/aromatic N) is 2. The van der Waals surface area contributed by atoms with Crippen molar-refractivity contribution in [3.63, 3.8) is 0 Å². The number of sulfonamides is 1. The second-order valence-corrected chi connectivity index (χ2v) is 9.54. The Hall–Kier alpha value is -1.93. The van der Waals surface area contributed by atoms with Crippen LogP contribution in [0.3, 0.4) is 0 Å². The quantitative estimate of drug-likeness (QED) is 0.779. The number of halogens is 1. The van der Waals surface area contributed by atoms with Gasteiger partial charge in [-0.05, 0) is 54.5 Å². The number of rotatable bonds is 5. The van der Waals surface area contributed by atoms with Crippen LogP contribution in [0.5, 0.6) is 0 Å². The summed E-state index contributed by atoms with van der Waals surface area (Å²) in [6.45, 7) is 3.06. The van der Waals surface area contributed by atoms with Crippen molar-refractivity contribution in [2.24, 2.45) is 5.92 Å². The highest BCUT2D eigenvalue weighted by atomic mass is 32.2. The molecule has 2 heterocycles. The molecule has 1 aromatic heterocycles. The highest BCUT2D eigenvalue weighted by Gasteiger charge is 2.30. The molecule has 8 heteroatoms. The highest BCUT2D eigenvalue weighted by Crippen LogP contribution is 2.27. The Kier molecular flexibility index (Phi) is 5.62. The van der Waals surface area contributed by atoms with Crippen LogP contribution < -0.4 is 4.31 Å². The van der Waals surface area contributed by atoms with Crippen LogP contribution in [0.25, 0.3) is 0 Å². The molecule has 1 saturated heterocycles. The van der Waals surface area contributed by atoms with E-state index in [9.17, 15) is 17.6 Å². The van der Waals surface area contributed by atoms with Crippen molar-refractivity contribution < 1.29 is 17.6 Å². The molecule has 1 unspecified atom stereocenters. The normalized spacial score (nSPS) is 17.9. The Morgan fingerprint density at radius 2 is 2.04 bits per heavy atom. The molecule has 26 heavy (non-hydrogen) atoms. The van der Waals surface area contributed by atoms with E-state index in [0.29, 0.717) is 19.0 Å². The molecule has 0 saturated carbocycles. The summed E-state index contributed by atoms with van der Waals surface area (Å²) in [6.07, 6.45) is 1.99. The van der Waals surface area contributed by atoms with Crippen LogP contribution >= 0.6 is 11.3 Å². The molecule has 0 spiro atoms. The fourth-order valence-corrected chi connectivity index (χ4v) is 5.60. The number of anilines is 1. The van der Waals surface area contributed by atoms with Gasteiger partial charge in [-0.25, -0.2) is 12.8 Å². The number of hydrogen-bond acceptors (Lipinski definition) is 4. The van der Waals surface area contributed by atoms with Gasteiger partial charge >= 0.3 is 0 Å². The monoisotopic (exact) mass is 396 g/mol. The molecule has 1 fully saturated rings. The van der Waals surface area contributed by atoms with Crippen molar-refractivity contribution in [3.8, 4) is 0 Å². The standard InChI is InChI=1S/C18H21FN2O3S2/c1-14-4-2-10-20(12-14)17(22)13-21(16-8-6-15(19)7-9-16)26(23,24)18-5-3-11-25-18/h3,5-9,11,14H,2,4,10,12-13H2,1H3. The van der Waals surface area contributed by atoms with Gasteiger partial charge in [-0.2, -0.15) is 0 Å². The van der Waals surface area contributed by atoms with Gasteiger partial charge in [0.1, 0.15) is 16.6 Å². The number of benzene rings is 1. The first-order chi connectivity index (χ1) is 12.4. The minimum Gasteiger partial charge on any atom is -0.341 e. The van der Waals surface area contributed by atoms with Gasteiger partial charge in [0, 0.05) is 13.1 Å². The largest absolute Gasteiger partial charge is 0.341 e. The van der Waals surface area contributed by atoms with Crippen molar-refractivity contribution in [2.45, 2.75) is 24.0 Å². The van der Waals surface area contributed by atoms with Crippen molar-refractivity contribution >= 4 is 33.0 Å². The molecule has 140 valence electrons. The van der Waals surface area contributed by atoms with E-state index in [0.717, 1.165) is 28.5 Å². The van der Waals surface area contributed by atoms with E-state index < -0.39 is 15.8 Å². The van der Waals surface area contributed by atoms with Gasteiger partial charge in [-0.3, -0.25) is 9.10 Å². The molecular weight excluding hydrogens is 375 g/mol. The summed E-state index contributed by atoms with van der Waals surface area (Å²) >= 11 is 1.09. The Labute approximate surface area is 157 Å². The fourth-order valence-electron chi connectivity index (χ4n) is 3.08. The number of piperidine rings is 1. The zero-order valence-corrected chi connectivity index (χ0v) is 16.1. The third-order valence-corrected chi connectivity index (χ3v) is 7.59. The molecule has 1 aromatic carbocycles. The lowest BCUT2D eigenvalue weighted by Crippen LogP contribution is -2.46. The van der Waals surface area contributed by atoms with Crippen LogP contribution in [0.4, 0.5) is 10.1 Å². The summed E-state index contributed by atoms with van der Waals surface area (Å²) in [7, 11) is -3.89. The SMILES string of the molecule is CC1CCCN(C(=O)CN(c2ccc(F)cc2)S(=O)(=O)c2cccs2)C1. The molecule has 0 N–H and O–H groups in total. The average molecular weight is 397 g/mol. The van der Waals surface area contributed by atoms with Crippen molar-refractivity contribution in [1.29, 1.82) is 0 Å². The number of hydrogen-bond donors (Lipinski definition) is 0. The van der Waals surface area contributed by atoms with Gasteiger partial charge in [0.15, 0.2) is 0 Å². The van der Waals surface area contributed by atoms with Crippen LogP contribution in [-0.2, 0) is 14.8 Å². The van der Waals surface area contributed by atoms with E-state index in [1.807, 2.05) is 0 Å². The molecule has 2 aromatic rings. The molecular formula is C18H21FN2O3S2. The van der Waals surface area contributed by atoms with E-state index in [1.54, 1.807) is 16.3 Å². The molecule has 1 aliphatic rings. The summed E-state index contributed by atoms with van der Waals surface area (Å²) in [5.41, 5.74) is 0.276.